The van der Waals surface area contributed by atoms with Gasteiger partial charge in [-0.05, 0) is 6.07 Å². The second-order valence-electron chi connectivity index (χ2n) is 4.95. The summed E-state index contributed by atoms with van der Waals surface area (Å²) >= 11 is 0. The van der Waals surface area contributed by atoms with Crippen LogP contribution in [-0.2, 0) is 0 Å². The summed E-state index contributed by atoms with van der Waals surface area (Å²) in [5.74, 6) is 1.73. The zero-order chi connectivity index (χ0) is 14.6. The Hall–Kier alpha value is -2.29. The van der Waals surface area contributed by atoms with Gasteiger partial charge in [0.05, 0.1) is 24.0 Å². The van der Waals surface area contributed by atoms with Crippen LogP contribution in [0.15, 0.2) is 23.3 Å². The van der Waals surface area contributed by atoms with Crippen molar-refractivity contribution in [3.8, 4) is 0 Å². The highest BCUT2D eigenvalue weighted by Crippen LogP contribution is 2.28. The largest absolute Gasteiger partial charge is 0.301 e. The van der Waals surface area contributed by atoms with Gasteiger partial charge in [-0.3, -0.25) is 25.7 Å². The molecule has 0 aromatic heterocycles. The van der Waals surface area contributed by atoms with Gasteiger partial charge in [0.25, 0.3) is 5.69 Å². The van der Waals surface area contributed by atoms with E-state index in [-0.39, 0.29) is 17.1 Å². The molecule has 0 atom stereocenters. The van der Waals surface area contributed by atoms with Gasteiger partial charge in [-0.15, -0.1) is 0 Å². The average molecular weight is 282 g/mol. The van der Waals surface area contributed by atoms with Crippen molar-refractivity contribution in [2.75, 3.05) is 5.43 Å². The minimum Gasteiger partial charge on any atom is -0.272 e. The molecule has 0 aliphatic heterocycles. The number of hydrogen-bond donors (Lipinski definition) is 1. The molecule has 0 heterocycles. The summed E-state index contributed by atoms with van der Waals surface area (Å²) in [6.45, 7) is 6.17. The van der Waals surface area contributed by atoms with Gasteiger partial charge in [0.1, 0.15) is 5.69 Å². The van der Waals surface area contributed by atoms with Gasteiger partial charge in [-0.1, -0.05) is 19.6 Å². The zero-order valence-electron chi connectivity index (χ0n) is 10.8. The highest BCUT2D eigenvalue weighted by atomic mass is 28.3. The molecule has 1 N–H and O–H groups in total. The van der Waals surface area contributed by atoms with Gasteiger partial charge in [-0.2, -0.15) is 5.10 Å². The quantitative estimate of drug-likeness (QED) is 0.386. The fourth-order valence-corrected chi connectivity index (χ4v) is 1.63. The van der Waals surface area contributed by atoms with Crippen molar-refractivity contribution in [3.05, 3.63) is 38.4 Å². The van der Waals surface area contributed by atoms with Crippen LogP contribution in [0.1, 0.15) is 0 Å². The van der Waals surface area contributed by atoms with Crippen LogP contribution in [0, 0.1) is 20.2 Å². The van der Waals surface area contributed by atoms with E-state index < -0.39 is 17.9 Å². The van der Waals surface area contributed by atoms with Crippen LogP contribution in [0.25, 0.3) is 0 Å². The van der Waals surface area contributed by atoms with Gasteiger partial charge in [-0.25, -0.2) is 0 Å². The Morgan fingerprint density at radius 1 is 1.21 bits per heavy atom. The molecule has 0 spiro atoms. The standard InChI is InChI=1S/C10H14N4O4Si/c1-19(2,3)7-11-12-9-5-4-8(13(15)16)6-10(9)14(17)18/h4-7,12H,1-3H3. The monoisotopic (exact) mass is 282 g/mol. The Labute approximate surface area is 110 Å². The molecule has 0 unspecified atom stereocenters. The number of nitro benzene ring substituents is 2. The summed E-state index contributed by atoms with van der Waals surface area (Å²) < 4.78 is 0. The van der Waals surface area contributed by atoms with Gasteiger partial charge >= 0.3 is 5.69 Å². The number of benzene rings is 1. The molecule has 1 rings (SSSR count). The van der Waals surface area contributed by atoms with Crippen LogP contribution in [0.4, 0.5) is 17.1 Å². The molecule has 0 saturated heterocycles. The van der Waals surface area contributed by atoms with Crippen molar-refractivity contribution in [2.24, 2.45) is 5.10 Å². The summed E-state index contributed by atoms with van der Waals surface area (Å²) in [6, 6.07) is 3.38. The number of nitro groups is 2. The first-order valence-corrected chi connectivity index (χ1v) is 9.01. The molecule has 9 heteroatoms. The number of non-ortho nitro benzene ring substituents is 1. The lowest BCUT2D eigenvalue weighted by Gasteiger charge is -2.07. The summed E-state index contributed by atoms with van der Waals surface area (Å²) in [4.78, 5) is 20.1. The normalized spacial score (nSPS) is 11.5. The van der Waals surface area contributed by atoms with Crippen molar-refractivity contribution < 1.29 is 9.85 Å². The van der Waals surface area contributed by atoms with Gasteiger partial charge < -0.3 is 0 Å². The van der Waals surface area contributed by atoms with E-state index in [1.165, 1.54) is 12.1 Å². The predicted octanol–water partition coefficient (Wildman–Crippen LogP) is 2.78. The summed E-state index contributed by atoms with van der Waals surface area (Å²) in [6.07, 6.45) is 0. The minimum atomic E-state index is -1.52. The molecule has 8 nitrogen and oxygen atoms in total. The third-order valence-corrected chi connectivity index (χ3v) is 2.93. The van der Waals surface area contributed by atoms with E-state index in [0.29, 0.717) is 0 Å². The van der Waals surface area contributed by atoms with Gasteiger partial charge in [0, 0.05) is 11.9 Å². The number of rotatable bonds is 5. The van der Waals surface area contributed by atoms with Crippen molar-refractivity contribution in [3.63, 3.8) is 0 Å². The van der Waals surface area contributed by atoms with Crippen LogP contribution in [0.5, 0.6) is 0 Å². The van der Waals surface area contributed by atoms with Crippen LogP contribution < -0.4 is 5.43 Å². The molecule has 0 saturated carbocycles. The average Bonchev–Trinajstić information content (AvgIpc) is 2.27. The highest BCUT2D eigenvalue weighted by molar-refractivity contribution is 6.99. The lowest BCUT2D eigenvalue weighted by atomic mass is 10.2. The third-order valence-electron chi connectivity index (χ3n) is 2.03. The molecule has 19 heavy (non-hydrogen) atoms. The number of nitrogens with zero attached hydrogens (tertiary/aromatic N) is 3. The second-order valence-corrected chi connectivity index (χ2v) is 9.94. The van der Waals surface area contributed by atoms with E-state index >= 15 is 0 Å². The predicted molar refractivity (Wildman–Crippen MR) is 75.2 cm³/mol. The van der Waals surface area contributed by atoms with Crippen molar-refractivity contribution in [1.29, 1.82) is 0 Å². The van der Waals surface area contributed by atoms with E-state index in [1.54, 1.807) is 5.84 Å². The Balaban J connectivity index is 3.04. The van der Waals surface area contributed by atoms with Crippen molar-refractivity contribution in [1.82, 2.24) is 0 Å². The van der Waals surface area contributed by atoms with Crippen molar-refractivity contribution in [2.45, 2.75) is 19.6 Å². The Kier molecular flexibility index (Phi) is 4.33. The maximum atomic E-state index is 10.9. The zero-order valence-corrected chi connectivity index (χ0v) is 11.8. The van der Waals surface area contributed by atoms with E-state index in [0.717, 1.165) is 6.07 Å². The molecule has 1 aromatic carbocycles. The number of hydrogen-bond acceptors (Lipinski definition) is 6. The highest BCUT2D eigenvalue weighted by Gasteiger charge is 2.19. The van der Waals surface area contributed by atoms with E-state index in [4.69, 9.17) is 0 Å². The third kappa shape index (κ3) is 4.47. The number of anilines is 1. The molecule has 0 aliphatic carbocycles. The molecule has 1 aromatic rings. The molecular weight excluding hydrogens is 268 g/mol. The molecule has 0 bridgehead atoms. The smallest absolute Gasteiger partial charge is 0.272 e. The maximum absolute atomic E-state index is 10.9. The summed E-state index contributed by atoms with van der Waals surface area (Å²) in [5.41, 5.74) is 1.99. The fourth-order valence-electron chi connectivity index (χ4n) is 1.17. The minimum absolute atomic E-state index is 0.130. The van der Waals surface area contributed by atoms with Crippen LogP contribution in [-0.4, -0.2) is 23.8 Å². The van der Waals surface area contributed by atoms with Crippen LogP contribution >= 0.6 is 0 Å². The molecule has 0 amide bonds. The number of hydrazone groups is 1. The molecule has 0 radical (unpaired) electrons. The topological polar surface area (TPSA) is 111 Å². The SMILES string of the molecule is C[Si](C)(C)C=NNc1ccc([N+](=O)[O-])cc1[N+](=O)[O-]. The van der Waals surface area contributed by atoms with Crippen molar-refractivity contribution >= 4 is 31.0 Å². The molecule has 0 fully saturated rings. The summed E-state index contributed by atoms with van der Waals surface area (Å²) in [5, 5.41) is 25.4. The Morgan fingerprint density at radius 3 is 2.32 bits per heavy atom. The molecular formula is C10H14N4O4Si. The molecule has 0 aliphatic rings. The van der Waals surface area contributed by atoms with Crippen LogP contribution in [0.2, 0.25) is 19.6 Å². The van der Waals surface area contributed by atoms with Gasteiger partial charge in [0.15, 0.2) is 0 Å². The lowest BCUT2D eigenvalue weighted by molar-refractivity contribution is -0.393. The van der Waals surface area contributed by atoms with E-state index in [2.05, 4.69) is 30.2 Å². The molecule has 102 valence electrons. The second kappa shape index (κ2) is 5.57. The Morgan fingerprint density at radius 2 is 1.84 bits per heavy atom. The number of nitrogens with one attached hydrogen (secondary N) is 1. The van der Waals surface area contributed by atoms with Crippen LogP contribution in [0.3, 0.4) is 0 Å². The summed E-state index contributed by atoms with van der Waals surface area (Å²) in [7, 11) is -1.52. The first-order chi connectivity index (χ1) is 8.70. The maximum Gasteiger partial charge on any atom is 0.301 e. The van der Waals surface area contributed by atoms with E-state index in [9.17, 15) is 20.2 Å². The first-order valence-electron chi connectivity index (χ1n) is 5.44. The Bertz CT molecular complexity index is 539. The first kappa shape index (κ1) is 14.8. The lowest BCUT2D eigenvalue weighted by Crippen LogP contribution is -2.22. The van der Waals surface area contributed by atoms with E-state index in [1.807, 2.05) is 0 Å². The fraction of sp³-hybridized carbons (Fsp3) is 0.300. The van der Waals surface area contributed by atoms with Gasteiger partial charge in [0.2, 0.25) is 0 Å².